The Morgan fingerprint density at radius 1 is 1.13 bits per heavy atom. The van der Waals surface area contributed by atoms with Gasteiger partial charge in [0.05, 0.1) is 18.3 Å². The quantitative estimate of drug-likeness (QED) is 0.611. The molecule has 1 fully saturated rings. The summed E-state index contributed by atoms with van der Waals surface area (Å²) in [5, 5.41) is 10.0. The molecule has 1 heterocycles. The normalized spacial score (nSPS) is 25.6. The predicted molar refractivity (Wildman–Crippen MR) is 122 cm³/mol. The zero-order chi connectivity index (χ0) is 22.2. The minimum absolute atomic E-state index is 0.00153. The lowest BCUT2D eigenvalue weighted by atomic mass is 9.80. The van der Waals surface area contributed by atoms with E-state index in [0.29, 0.717) is 12.5 Å². The van der Waals surface area contributed by atoms with Gasteiger partial charge >= 0.3 is 0 Å². The summed E-state index contributed by atoms with van der Waals surface area (Å²) < 4.78 is 26.2. The number of ether oxygens (including phenoxy) is 2. The van der Waals surface area contributed by atoms with Crippen LogP contribution in [0.3, 0.4) is 0 Å². The Hall–Kier alpha value is -2.17. The maximum Gasteiger partial charge on any atom is 0.127 e. The summed E-state index contributed by atoms with van der Waals surface area (Å²) in [6.45, 7) is 9.06. The third kappa shape index (κ3) is 4.28. The van der Waals surface area contributed by atoms with Crippen molar-refractivity contribution < 1.29 is 19.0 Å². The Kier molecular flexibility index (Phi) is 6.23. The third-order valence-electron chi connectivity index (χ3n) is 6.66. The highest BCUT2D eigenvalue weighted by molar-refractivity contribution is 5.75. The molecule has 2 aromatic carbocycles. The minimum Gasteiger partial charge on any atom is -0.490 e. The Morgan fingerprint density at radius 2 is 1.87 bits per heavy atom. The zero-order valence-electron chi connectivity index (χ0n) is 18.9. The van der Waals surface area contributed by atoms with Gasteiger partial charge in [0.1, 0.15) is 11.6 Å². The van der Waals surface area contributed by atoms with Crippen LogP contribution in [0.5, 0.6) is 5.75 Å². The van der Waals surface area contributed by atoms with Gasteiger partial charge in [0.25, 0.3) is 0 Å². The summed E-state index contributed by atoms with van der Waals surface area (Å²) >= 11 is 0. The molecule has 166 valence electrons. The summed E-state index contributed by atoms with van der Waals surface area (Å²) in [4.78, 5) is 0. The van der Waals surface area contributed by atoms with Gasteiger partial charge in [0.15, 0.2) is 0 Å². The second kappa shape index (κ2) is 8.76. The molecule has 1 aliphatic carbocycles. The smallest absolute Gasteiger partial charge is 0.127 e. The molecule has 0 bridgehead atoms. The first-order valence-electron chi connectivity index (χ1n) is 11.4. The lowest BCUT2D eigenvalue weighted by molar-refractivity contribution is 0.0106. The van der Waals surface area contributed by atoms with Gasteiger partial charge < -0.3 is 14.6 Å². The molecule has 1 saturated carbocycles. The van der Waals surface area contributed by atoms with Crippen LogP contribution < -0.4 is 4.74 Å². The standard InChI is InChI=1S/C27H33FO3/c1-17(2)20-7-10-25(31-18(3)4)24(13-20)22-14-27(30-16-22)12-11-21(15-29)26(27)19-5-8-23(28)9-6-19/h5-10,13-14,17-18,21,26,29H,11-12,15-16H2,1-4H3/t21?,26-,27-/m1/s1. The molecular weight excluding hydrogens is 391 g/mol. The summed E-state index contributed by atoms with van der Waals surface area (Å²) in [7, 11) is 0. The number of rotatable bonds is 6. The fourth-order valence-corrected chi connectivity index (χ4v) is 5.14. The van der Waals surface area contributed by atoms with Crippen LogP contribution in [0.4, 0.5) is 4.39 Å². The molecule has 2 aromatic rings. The van der Waals surface area contributed by atoms with Gasteiger partial charge in [-0.15, -0.1) is 0 Å². The van der Waals surface area contributed by atoms with Crippen LogP contribution in [0, 0.1) is 11.7 Å². The van der Waals surface area contributed by atoms with Crippen LogP contribution in [-0.4, -0.2) is 30.0 Å². The second-order valence-electron chi connectivity index (χ2n) is 9.50. The minimum atomic E-state index is -0.483. The van der Waals surface area contributed by atoms with Crippen molar-refractivity contribution in [3.05, 3.63) is 71.0 Å². The lowest BCUT2D eigenvalue weighted by Crippen LogP contribution is -2.33. The average Bonchev–Trinajstić information content (AvgIpc) is 3.32. The predicted octanol–water partition coefficient (Wildman–Crippen LogP) is 6.07. The van der Waals surface area contributed by atoms with Crippen LogP contribution in [-0.2, 0) is 4.74 Å². The van der Waals surface area contributed by atoms with Gasteiger partial charge in [0, 0.05) is 18.1 Å². The van der Waals surface area contributed by atoms with Crippen molar-refractivity contribution in [2.24, 2.45) is 5.92 Å². The maximum atomic E-state index is 13.5. The fraction of sp³-hybridized carbons (Fsp3) is 0.481. The van der Waals surface area contributed by atoms with Crippen LogP contribution in [0.25, 0.3) is 5.57 Å². The highest BCUT2D eigenvalue weighted by Crippen LogP contribution is 2.54. The van der Waals surface area contributed by atoms with E-state index >= 15 is 0 Å². The monoisotopic (exact) mass is 424 g/mol. The van der Waals surface area contributed by atoms with Gasteiger partial charge in [-0.2, -0.15) is 0 Å². The van der Waals surface area contributed by atoms with Crippen molar-refractivity contribution in [3.63, 3.8) is 0 Å². The number of halogens is 1. The van der Waals surface area contributed by atoms with E-state index in [0.717, 1.165) is 35.3 Å². The van der Waals surface area contributed by atoms with Crippen molar-refractivity contribution in [2.75, 3.05) is 13.2 Å². The molecule has 0 saturated heterocycles. The van der Waals surface area contributed by atoms with E-state index in [1.807, 2.05) is 26.0 Å². The lowest BCUT2D eigenvalue weighted by Gasteiger charge is -2.32. The Labute approximate surface area is 184 Å². The first-order valence-corrected chi connectivity index (χ1v) is 11.4. The summed E-state index contributed by atoms with van der Waals surface area (Å²) in [6.07, 6.45) is 4.05. The molecule has 0 amide bonds. The topological polar surface area (TPSA) is 38.7 Å². The SMILES string of the molecule is CC(C)Oc1ccc(C(C)C)cc1C1=C[C@@]2(CCC(CO)[C@H]2c2ccc(F)cc2)OC1. The van der Waals surface area contributed by atoms with Gasteiger partial charge in [-0.3, -0.25) is 0 Å². The van der Waals surface area contributed by atoms with E-state index in [4.69, 9.17) is 9.47 Å². The van der Waals surface area contributed by atoms with E-state index in [2.05, 4.69) is 38.1 Å². The first kappa shape index (κ1) is 22.0. The largest absolute Gasteiger partial charge is 0.490 e. The van der Waals surface area contributed by atoms with Crippen molar-refractivity contribution in [1.82, 2.24) is 0 Å². The van der Waals surface area contributed by atoms with Crippen LogP contribution in [0.2, 0.25) is 0 Å². The van der Waals surface area contributed by atoms with E-state index in [1.165, 1.54) is 17.7 Å². The van der Waals surface area contributed by atoms with E-state index < -0.39 is 5.60 Å². The van der Waals surface area contributed by atoms with Crippen molar-refractivity contribution in [2.45, 2.75) is 64.1 Å². The first-order chi connectivity index (χ1) is 14.8. The molecule has 4 heteroatoms. The van der Waals surface area contributed by atoms with E-state index in [9.17, 15) is 9.50 Å². The van der Waals surface area contributed by atoms with Crippen LogP contribution >= 0.6 is 0 Å². The van der Waals surface area contributed by atoms with E-state index in [1.54, 1.807) is 0 Å². The number of hydrogen-bond acceptors (Lipinski definition) is 3. The average molecular weight is 425 g/mol. The molecule has 1 aliphatic heterocycles. The highest BCUT2D eigenvalue weighted by atomic mass is 19.1. The molecule has 3 atom stereocenters. The summed E-state index contributed by atoms with van der Waals surface area (Å²) in [6, 6.07) is 13.1. The maximum absolute atomic E-state index is 13.5. The molecular formula is C27H33FO3. The van der Waals surface area contributed by atoms with E-state index in [-0.39, 0.29) is 30.4 Å². The molecule has 31 heavy (non-hydrogen) atoms. The molecule has 0 radical (unpaired) electrons. The molecule has 1 spiro atoms. The molecule has 4 rings (SSSR count). The molecule has 2 aliphatic rings. The third-order valence-corrected chi connectivity index (χ3v) is 6.66. The Balaban J connectivity index is 1.76. The van der Waals surface area contributed by atoms with Crippen LogP contribution in [0.15, 0.2) is 48.5 Å². The molecule has 3 nitrogen and oxygen atoms in total. The molecule has 1 unspecified atom stereocenters. The number of hydrogen-bond donors (Lipinski definition) is 1. The van der Waals surface area contributed by atoms with Crippen LogP contribution in [0.1, 0.15) is 69.1 Å². The van der Waals surface area contributed by atoms with Gasteiger partial charge in [-0.1, -0.05) is 32.0 Å². The number of aliphatic hydroxyl groups is 1. The summed E-state index contributed by atoms with van der Waals surface area (Å²) in [5.74, 6) is 1.14. The molecule has 0 aromatic heterocycles. The fourth-order valence-electron chi connectivity index (χ4n) is 5.14. The van der Waals surface area contributed by atoms with Gasteiger partial charge in [0.2, 0.25) is 0 Å². The Morgan fingerprint density at radius 3 is 2.52 bits per heavy atom. The second-order valence-corrected chi connectivity index (χ2v) is 9.50. The summed E-state index contributed by atoms with van der Waals surface area (Å²) in [5.41, 5.74) is 4.02. The van der Waals surface area contributed by atoms with Gasteiger partial charge in [-0.05, 0) is 85.6 Å². The number of aliphatic hydroxyl groups excluding tert-OH is 1. The number of benzene rings is 2. The van der Waals surface area contributed by atoms with Crippen molar-refractivity contribution in [3.8, 4) is 5.75 Å². The molecule has 1 N–H and O–H groups in total. The highest BCUT2D eigenvalue weighted by Gasteiger charge is 2.51. The van der Waals surface area contributed by atoms with Crippen molar-refractivity contribution in [1.29, 1.82) is 0 Å². The Bertz CT molecular complexity index is 947. The zero-order valence-corrected chi connectivity index (χ0v) is 18.9. The van der Waals surface area contributed by atoms with Gasteiger partial charge in [-0.25, -0.2) is 4.39 Å². The van der Waals surface area contributed by atoms with Crippen molar-refractivity contribution >= 4 is 5.57 Å².